The first kappa shape index (κ1) is 20.9. The Labute approximate surface area is 196 Å². The SMILES string of the molecule is CC(C)Oc1cccc(C(=O)Nc2ccc3oc(-c4cc(I)ccc4Br)nc3c2)c1. The Morgan fingerprint density at radius 1 is 1.13 bits per heavy atom. The van der Waals surface area contributed by atoms with Crippen LogP contribution in [-0.4, -0.2) is 17.0 Å². The first-order valence-corrected chi connectivity index (χ1v) is 11.2. The lowest BCUT2D eigenvalue weighted by molar-refractivity contribution is 0.102. The fraction of sp³-hybridized carbons (Fsp3) is 0.130. The van der Waals surface area contributed by atoms with Gasteiger partial charge in [0.05, 0.1) is 11.7 Å². The van der Waals surface area contributed by atoms with Crippen molar-refractivity contribution in [1.29, 1.82) is 0 Å². The van der Waals surface area contributed by atoms with E-state index >= 15 is 0 Å². The molecule has 4 aromatic rings. The molecule has 152 valence electrons. The van der Waals surface area contributed by atoms with Crippen molar-refractivity contribution in [3.63, 3.8) is 0 Å². The molecule has 1 heterocycles. The van der Waals surface area contributed by atoms with Crippen LogP contribution in [0.2, 0.25) is 0 Å². The van der Waals surface area contributed by atoms with Crippen LogP contribution in [0.3, 0.4) is 0 Å². The molecule has 4 rings (SSSR count). The summed E-state index contributed by atoms with van der Waals surface area (Å²) in [5, 5.41) is 2.91. The van der Waals surface area contributed by atoms with Crippen molar-refractivity contribution in [2.45, 2.75) is 20.0 Å². The molecule has 0 atom stereocenters. The Balaban J connectivity index is 1.58. The Bertz CT molecular complexity index is 1240. The summed E-state index contributed by atoms with van der Waals surface area (Å²) >= 11 is 5.80. The number of hydrogen-bond donors (Lipinski definition) is 1. The zero-order chi connectivity index (χ0) is 21.3. The number of anilines is 1. The molecule has 3 aromatic carbocycles. The Hall–Kier alpha value is -2.39. The molecule has 7 heteroatoms. The van der Waals surface area contributed by atoms with Crippen LogP contribution < -0.4 is 10.1 Å². The molecule has 0 aliphatic heterocycles. The van der Waals surface area contributed by atoms with E-state index in [0.717, 1.165) is 13.6 Å². The maximum absolute atomic E-state index is 12.7. The van der Waals surface area contributed by atoms with Crippen LogP contribution in [0.1, 0.15) is 24.2 Å². The number of halogens is 2. The van der Waals surface area contributed by atoms with Gasteiger partial charge in [-0.1, -0.05) is 6.07 Å². The van der Waals surface area contributed by atoms with Gasteiger partial charge in [0.1, 0.15) is 11.3 Å². The van der Waals surface area contributed by atoms with Gasteiger partial charge in [-0.15, -0.1) is 0 Å². The summed E-state index contributed by atoms with van der Waals surface area (Å²) < 4.78 is 13.6. The van der Waals surface area contributed by atoms with Gasteiger partial charge in [-0.2, -0.15) is 0 Å². The topological polar surface area (TPSA) is 64.4 Å². The van der Waals surface area contributed by atoms with Crippen LogP contribution in [0.15, 0.2) is 69.6 Å². The van der Waals surface area contributed by atoms with Crippen molar-refractivity contribution >= 4 is 61.2 Å². The van der Waals surface area contributed by atoms with Crippen molar-refractivity contribution in [3.8, 4) is 17.2 Å². The molecule has 0 aliphatic carbocycles. The van der Waals surface area contributed by atoms with Crippen molar-refractivity contribution in [2.75, 3.05) is 5.32 Å². The van der Waals surface area contributed by atoms with Gasteiger partial charge in [0.25, 0.3) is 5.91 Å². The van der Waals surface area contributed by atoms with Crippen LogP contribution in [0.25, 0.3) is 22.6 Å². The minimum absolute atomic E-state index is 0.0417. The van der Waals surface area contributed by atoms with Crippen LogP contribution >= 0.6 is 38.5 Å². The lowest BCUT2D eigenvalue weighted by Gasteiger charge is -2.11. The maximum Gasteiger partial charge on any atom is 0.255 e. The number of hydrogen-bond acceptors (Lipinski definition) is 4. The summed E-state index contributed by atoms with van der Waals surface area (Å²) in [5.74, 6) is 0.974. The van der Waals surface area contributed by atoms with E-state index in [2.05, 4.69) is 48.8 Å². The molecule has 0 bridgehead atoms. The first-order valence-electron chi connectivity index (χ1n) is 9.33. The highest BCUT2D eigenvalue weighted by molar-refractivity contribution is 14.1. The molecule has 0 spiro atoms. The van der Waals surface area contributed by atoms with Crippen LogP contribution in [-0.2, 0) is 0 Å². The second-order valence-electron chi connectivity index (χ2n) is 6.97. The molecule has 0 fully saturated rings. The highest BCUT2D eigenvalue weighted by atomic mass is 127. The molecule has 1 aromatic heterocycles. The van der Waals surface area contributed by atoms with Gasteiger partial charge in [-0.05, 0) is 107 Å². The Kier molecular flexibility index (Phi) is 6.10. The minimum atomic E-state index is -0.215. The van der Waals surface area contributed by atoms with Crippen molar-refractivity contribution in [3.05, 3.63) is 74.3 Å². The smallest absolute Gasteiger partial charge is 0.255 e. The van der Waals surface area contributed by atoms with Crippen molar-refractivity contribution in [2.24, 2.45) is 0 Å². The number of nitrogens with one attached hydrogen (secondary N) is 1. The molecule has 0 aliphatic rings. The van der Waals surface area contributed by atoms with Gasteiger partial charge < -0.3 is 14.5 Å². The summed E-state index contributed by atoms with van der Waals surface area (Å²) in [4.78, 5) is 17.3. The third-order valence-electron chi connectivity index (χ3n) is 4.27. The third-order valence-corrected chi connectivity index (χ3v) is 5.63. The number of ether oxygens (including phenoxy) is 1. The molecule has 0 saturated heterocycles. The summed E-state index contributed by atoms with van der Waals surface area (Å²) in [6.45, 7) is 3.89. The van der Waals surface area contributed by atoms with E-state index in [9.17, 15) is 4.79 Å². The fourth-order valence-corrected chi connectivity index (χ4v) is 3.88. The number of nitrogens with zero attached hydrogens (tertiary/aromatic N) is 1. The summed E-state index contributed by atoms with van der Waals surface area (Å²) in [5.41, 5.74) is 3.37. The number of benzene rings is 3. The fourth-order valence-electron chi connectivity index (χ4n) is 2.97. The lowest BCUT2D eigenvalue weighted by Crippen LogP contribution is -2.12. The molecule has 0 unspecified atom stereocenters. The zero-order valence-electron chi connectivity index (χ0n) is 16.3. The summed E-state index contributed by atoms with van der Waals surface area (Å²) in [6, 6.07) is 18.5. The van der Waals surface area contributed by atoms with E-state index in [0.29, 0.717) is 34.0 Å². The Morgan fingerprint density at radius 3 is 2.77 bits per heavy atom. The summed E-state index contributed by atoms with van der Waals surface area (Å²) in [6.07, 6.45) is 0.0417. The van der Waals surface area contributed by atoms with Gasteiger partial charge in [0.2, 0.25) is 5.89 Å². The second kappa shape index (κ2) is 8.77. The second-order valence-corrected chi connectivity index (χ2v) is 9.07. The number of fused-ring (bicyclic) bond motifs is 1. The maximum atomic E-state index is 12.7. The third kappa shape index (κ3) is 4.67. The average molecular weight is 577 g/mol. The molecule has 30 heavy (non-hydrogen) atoms. The molecule has 0 saturated carbocycles. The van der Waals surface area contributed by atoms with E-state index in [1.807, 2.05) is 44.2 Å². The van der Waals surface area contributed by atoms with Gasteiger partial charge in [-0.3, -0.25) is 4.79 Å². The zero-order valence-corrected chi connectivity index (χ0v) is 20.0. The van der Waals surface area contributed by atoms with Crippen LogP contribution in [0.4, 0.5) is 5.69 Å². The van der Waals surface area contributed by atoms with E-state index in [1.54, 1.807) is 30.3 Å². The largest absolute Gasteiger partial charge is 0.491 e. The lowest BCUT2D eigenvalue weighted by atomic mass is 10.2. The van der Waals surface area contributed by atoms with Crippen molar-refractivity contribution < 1.29 is 13.9 Å². The molecule has 0 radical (unpaired) electrons. The van der Waals surface area contributed by atoms with Gasteiger partial charge in [0, 0.05) is 19.3 Å². The predicted molar refractivity (Wildman–Crippen MR) is 130 cm³/mol. The van der Waals surface area contributed by atoms with E-state index in [-0.39, 0.29) is 12.0 Å². The molecule has 1 N–H and O–H groups in total. The molecule has 1 amide bonds. The number of rotatable bonds is 5. The standard InChI is InChI=1S/C23H18BrIN2O3/c1-13(2)29-17-5-3-4-14(10-17)22(28)26-16-7-9-21-20(12-16)27-23(30-21)18-11-15(25)6-8-19(18)24/h3-13H,1-2H3,(H,26,28). The minimum Gasteiger partial charge on any atom is -0.491 e. The van der Waals surface area contributed by atoms with Gasteiger partial charge in [0.15, 0.2) is 5.58 Å². The molecule has 5 nitrogen and oxygen atoms in total. The van der Waals surface area contributed by atoms with Crippen molar-refractivity contribution in [1.82, 2.24) is 4.98 Å². The van der Waals surface area contributed by atoms with Gasteiger partial charge in [-0.25, -0.2) is 4.98 Å². The first-order chi connectivity index (χ1) is 14.4. The van der Waals surface area contributed by atoms with Crippen LogP contribution in [0.5, 0.6) is 5.75 Å². The monoisotopic (exact) mass is 576 g/mol. The number of carbonyl (C=O) groups excluding carboxylic acids is 1. The number of aromatic nitrogens is 1. The van der Waals surface area contributed by atoms with E-state index in [4.69, 9.17) is 9.15 Å². The quantitative estimate of drug-likeness (QED) is 0.262. The predicted octanol–water partition coefficient (Wildman–Crippen LogP) is 6.90. The summed E-state index contributed by atoms with van der Waals surface area (Å²) in [7, 11) is 0. The van der Waals surface area contributed by atoms with E-state index in [1.165, 1.54) is 0 Å². The van der Waals surface area contributed by atoms with E-state index < -0.39 is 0 Å². The molecular weight excluding hydrogens is 559 g/mol. The number of carbonyl (C=O) groups is 1. The average Bonchev–Trinajstić information content (AvgIpc) is 3.12. The number of oxazole rings is 1. The van der Waals surface area contributed by atoms with Crippen LogP contribution in [0, 0.1) is 3.57 Å². The Morgan fingerprint density at radius 2 is 1.97 bits per heavy atom. The highest BCUT2D eigenvalue weighted by Gasteiger charge is 2.14. The normalized spacial score (nSPS) is 11.1. The molecular formula is C23H18BrIN2O3. The van der Waals surface area contributed by atoms with Gasteiger partial charge >= 0.3 is 0 Å². The highest BCUT2D eigenvalue weighted by Crippen LogP contribution is 2.32. The number of amides is 1.